The Hall–Kier alpha value is -0.410. The van der Waals surface area contributed by atoms with E-state index in [2.05, 4.69) is 27.8 Å². The molecular weight excluding hydrogens is 324 g/mol. The lowest BCUT2D eigenvalue weighted by atomic mass is 10.0. The summed E-state index contributed by atoms with van der Waals surface area (Å²) in [7, 11) is 0. The number of rotatable bonds is 12. The summed E-state index contributed by atoms with van der Waals surface area (Å²) in [6.07, 6.45) is 16.6. The summed E-state index contributed by atoms with van der Waals surface area (Å²) in [6.45, 7) is 2.27. The summed E-state index contributed by atoms with van der Waals surface area (Å²) in [5.41, 5.74) is 7.18. The van der Waals surface area contributed by atoms with Crippen LogP contribution in [0.25, 0.3) is 0 Å². The number of aromatic nitrogens is 1. The molecule has 2 N–H and O–H groups in total. The minimum Gasteiger partial charge on any atom is -0.323 e. The molecule has 1 unspecified atom stereocenters. The lowest BCUT2D eigenvalue weighted by Crippen LogP contribution is -2.11. The Morgan fingerprint density at radius 2 is 1.52 bits per heavy atom. The molecule has 0 aliphatic carbocycles. The van der Waals surface area contributed by atoms with E-state index in [9.17, 15) is 0 Å². The second kappa shape index (κ2) is 12.2. The Kier molecular flexibility index (Phi) is 10.8. The van der Waals surface area contributed by atoms with Gasteiger partial charge in [0.25, 0.3) is 0 Å². The molecule has 1 atom stereocenters. The molecule has 21 heavy (non-hydrogen) atoms. The zero-order valence-electron chi connectivity index (χ0n) is 13.5. The third-order valence-electron chi connectivity index (χ3n) is 4.00. The monoisotopic (exact) mass is 354 g/mol. The second-order valence-corrected chi connectivity index (χ2v) is 6.89. The highest BCUT2D eigenvalue weighted by Gasteiger charge is 2.06. The summed E-state index contributed by atoms with van der Waals surface area (Å²) < 4.78 is 1.01. The van der Waals surface area contributed by atoms with Crippen molar-refractivity contribution in [2.24, 2.45) is 5.73 Å². The van der Waals surface area contributed by atoms with Crippen LogP contribution in [-0.2, 0) is 0 Å². The molecule has 1 heterocycles. The molecule has 0 spiro atoms. The molecule has 0 bridgehead atoms. The van der Waals surface area contributed by atoms with Gasteiger partial charge in [-0.1, -0.05) is 71.1 Å². The Labute approximate surface area is 139 Å². The van der Waals surface area contributed by atoms with Crippen LogP contribution in [0.3, 0.4) is 0 Å². The van der Waals surface area contributed by atoms with Crippen LogP contribution in [0.15, 0.2) is 22.8 Å². The molecule has 2 nitrogen and oxygen atoms in total. The standard InChI is InChI=1S/C18H31BrN2/c1-2-3-4-5-6-7-8-9-10-11-12-17(20)18-14-13-16(19)15-21-18/h13-15,17H,2-12,20H2,1H3. The number of nitrogens with two attached hydrogens (primary N) is 1. The minimum atomic E-state index is 0.0899. The fraction of sp³-hybridized carbons (Fsp3) is 0.722. The van der Waals surface area contributed by atoms with Crippen molar-refractivity contribution in [2.75, 3.05) is 0 Å². The molecular formula is C18H31BrN2. The minimum absolute atomic E-state index is 0.0899. The zero-order valence-corrected chi connectivity index (χ0v) is 15.1. The highest BCUT2D eigenvalue weighted by Crippen LogP contribution is 2.18. The normalized spacial score (nSPS) is 12.5. The van der Waals surface area contributed by atoms with Crippen LogP contribution in [0, 0.1) is 0 Å². The van der Waals surface area contributed by atoms with Crippen LogP contribution in [0.5, 0.6) is 0 Å². The number of unbranched alkanes of at least 4 members (excludes halogenated alkanes) is 9. The number of hydrogen-bond donors (Lipinski definition) is 1. The first-order valence-electron chi connectivity index (χ1n) is 8.61. The molecule has 0 amide bonds. The molecule has 0 radical (unpaired) electrons. The highest BCUT2D eigenvalue weighted by atomic mass is 79.9. The summed E-state index contributed by atoms with van der Waals surface area (Å²) in [5, 5.41) is 0. The maximum absolute atomic E-state index is 6.18. The topological polar surface area (TPSA) is 38.9 Å². The van der Waals surface area contributed by atoms with Gasteiger partial charge in [-0.05, 0) is 34.5 Å². The van der Waals surface area contributed by atoms with Crippen LogP contribution < -0.4 is 5.73 Å². The van der Waals surface area contributed by atoms with Crippen molar-refractivity contribution in [1.82, 2.24) is 4.98 Å². The van der Waals surface area contributed by atoms with Gasteiger partial charge in [0.1, 0.15) is 0 Å². The van der Waals surface area contributed by atoms with E-state index in [1.54, 1.807) is 0 Å². The second-order valence-electron chi connectivity index (χ2n) is 5.98. The molecule has 1 rings (SSSR count). The molecule has 1 aromatic heterocycles. The summed E-state index contributed by atoms with van der Waals surface area (Å²) >= 11 is 3.40. The van der Waals surface area contributed by atoms with Crippen molar-refractivity contribution in [1.29, 1.82) is 0 Å². The van der Waals surface area contributed by atoms with E-state index in [4.69, 9.17) is 5.73 Å². The highest BCUT2D eigenvalue weighted by molar-refractivity contribution is 9.10. The van der Waals surface area contributed by atoms with Gasteiger partial charge in [0.2, 0.25) is 0 Å². The molecule has 0 saturated heterocycles. The van der Waals surface area contributed by atoms with Gasteiger partial charge in [0.05, 0.1) is 5.69 Å². The Morgan fingerprint density at radius 3 is 2.05 bits per heavy atom. The summed E-state index contributed by atoms with van der Waals surface area (Å²) in [4.78, 5) is 4.37. The van der Waals surface area contributed by atoms with Gasteiger partial charge in [-0.25, -0.2) is 0 Å². The van der Waals surface area contributed by atoms with E-state index in [-0.39, 0.29) is 6.04 Å². The molecule has 0 saturated carbocycles. The summed E-state index contributed by atoms with van der Waals surface area (Å²) in [5.74, 6) is 0. The van der Waals surface area contributed by atoms with Gasteiger partial charge in [-0.3, -0.25) is 4.98 Å². The van der Waals surface area contributed by atoms with Gasteiger partial charge < -0.3 is 5.73 Å². The third kappa shape index (κ3) is 9.26. The maximum atomic E-state index is 6.18. The Bertz CT molecular complexity index is 351. The van der Waals surface area contributed by atoms with E-state index in [1.165, 1.54) is 64.2 Å². The molecule has 1 aromatic rings. The van der Waals surface area contributed by atoms with Gasteiger partial charge >= 0.3 is 0 Å². The van der Waals surface area contributed by atoms with E-state index < -0.39 is 0 Å². The van der Waals surface area contributed by atoms with Crippen LogP contribution >= 0.6 is 15.9 Å². The van der Waals surface area contributed by atoms with Crippen molar-refractivity contribution in [3.8, 4) is 0 Å². The molecule has 3 heteroatoms. The van der Waals surface area contributed by atoms with Crippen molar-refractivity contribution < 1.29 is 0 Å². The largest absolute Gasteiger partial charge is 0.323 e. The Morgan fingerprint density at radius 1 is 0.952 bits per heavy atom. The van der Waals surface area contributed by atoms with Crippen molar-refractivity contribution in [3.05, 3.63) is 28.5 Å². The van der Waals surface area contributed by atoms with Gasteiger partial charge in [0.15, 0.2) is 0 Å². The van der Waals surface area contributed by atoms with Crippen LogP contribution in [0.1, 0.15) is 89.3 Å². The molecule has 0 aliphatic rings. The smallest absolute Gasteiger partial charge is 0.0571 e. The molecule has 0 fully saturated rings. The molecule has 0 aliphatic heterocycles. The first-order chi connectivity index (χ1) is 10.2. The lowest BCUT2D eigenvalue weighted by Gasteiger charge is -2.10. The predicted octanol–water partition coefficient (Wildman–Crippen LogP) is 6.15. The van der Waals surface area contributed by atoms with Gasteiger partial charge in [0, 0.05) is 16.7 Å². The average molecular weight is 355 g/mol. The van der Waals surface area contributed by atoms with Crippen molar-refractivity contribution in [2.45, 2.75) is 83.6 Å². The van der Waals surface area contributed by atoms with E-state index >= 15 is 0 Å². The molecule has 120 valence electrons. The number of nitrogens with zero attached hydrogens (tertiary/aromatic N) is 1. The van der Waals surface area contributed by atoms with E-state index in [0.717, 1.165) is 16.6 Å². The van der Waals surface area contributed by atoms with Crippen molar-refractivity contribution in [3.63, 3.8) is 0 Å². The number of pyridine rings is 1. The number of hydrogen-bond acceptors (Lipinski definition) is 2. The lowest BCUT2D eigenvalue weighted by molar-refractivity contribution is 0.525. The maximum Gasteiger partial charge on any atom is 0.0571 e. The van der Waals surface area contributed by atoms with Crippen LogP contribution in [0.2, 0.25) is 0 Å². The van der Waals surface area contributed by atoms with Crippen LogP contribution in [0.4, 0.5) is 0 Å². The van der Waals surface area contributed by atoms with E-state index in [1.807, 2.05) is 18.3 Å². The van der Waals surface area contributed by atoms with E-state index in [0.29, 0.717) is 0 Å². The summed E-state index contributed by atoms with van der Waals surface area (Å²) in [6, 6.07) is 4.12. The number of halogens is 1. The fourth-order valence-corrected chi connectivity index (χ4v) is 2.84. The van der Waals surface area contributed by atoms with Gasteiger partial charge in [-0.2, -0.15) is 0 Å². The first kappa shape index (κ1) is 18.6. The van der Waals surface area contributed by atoms with Crippen LogP contribution in [-0.4, -0.2) is 4.98 Å². The van der Waals surface area contributed by atoms with Crippen molar-refractivity contribution >= 4 is 15.9 Å². The van der Waals surface area contributed by atoms with Gasteiger partial charge in [-0.15, -0.1) is 0 Å². The zero-order chi connectivity index (χ0) is 15.3. The fourth-order valence-electron chi connectivity index (χ4n) is 2.61. The first-order valence-corrected chi connectivity index (χ1v) is 9.40. The predicted molar refractivity (Wildman–Crippen MR) is 95.3 cm³/mol. The molecule has 0 aromatic carbocycles. The Balaban J connectivity index is 1.95. The average Bonchev–Trinajstić information content (AvgIpc) is 2.49. The SMILES string of the molecule is CCCCCCCCCCCCC(N)c1ccc(Br)cn1. The third-order valence-corrected chi connectivity index (χ3v) is 4.47. The quantitative estimate of drug-likeness (QED) is 0.456.